The summed E-state index contributed by atoms with van der Waals surface area (Å²) < 4.78 is 5.87. The van der Waals surface area contributed by atoms with Crippen molar-refractivity contribution in [3.05, 3.63) is 54.6 Å². The van der Waals surface area contributed by atoms with Crippen LogP contribution in [0.15, 0.2) is 54.6 Å². The van der Waals surface area contributed by atoms with Crippen LogP contribution >= 0.6 is 0 Å². The number of benzene rings is 2. The van der Waals surface area contributed by atoms with Crippen molar-refractivity contribution in [1.82, 2.24) is 4.90 Å². The molecule has 0 saturated carbocycles. The molecule has 1 saturated heterocycles. The minimum absolute atomic E-state index is 0.101. The molecule has 1 fully saturated rings. The average Bonchev–Trinajstić information content (AvgIpc) is 2.92. The largest absolute Gasteiger partial charge is 0.481 e. The fourth-order valence-electron chi connectivity index (χ4n) is 3.16. The van der Waals surface area contributed by atoms with Crippen LogP contribution in [0.3, 0.4) is 0 Å². The van der Waals surface area contributed by atoms with E-state index in [1.807, 2.05) is 54.3 Å². The lowest BCUT2D eigenvalue weighted by Crippen LogP contribution is -2.40. The highest BCUT2D eigenvalue weighted by Crippen LogP contribution is 2.23. The Bertz CT molecular complexity index is 643. The summed E-state index contributed by atoms with van der Waals surface area (Å²) >= 11 is 0. The molecule has 1 atom stereocenters. The molecule has 1 aliphatic heterocycles. The average molecular weight is 323 g/mol. The zero-order valence-corrected chi connectivity index (χ0v) is 14.3. The molecule has 1 aliphatic rings. The second-order valence-corrected chi connectivity index (χ2v) is 6.39. The van der Waals surface area contributed by atoms with E-state index < -0.39 is 6.10 Å². The molecule has 3 heteroatoms. The summed E-state index contributed by atoms with van der Waals surface area (Å²) in [7, 11) is 0. The number of amides is 1. The fourth-order valence-corrected chi connectivity index (χ4v) is 3.16. The van der Waals surface area contributed by atoms with Gasteiger partial charge in [-0.2, -0.15) is 0 Å². The highest BCUT2D eigenvalue weighted by molar-refractivity contribution is 5.81. The van der Waals surface area contributed by atoms with Gasteiger partial charge in [0.05, 0.1) is 0 Å². The van der Waals surface area contributed by atoms with Crippen LogP contribution in [-0.2, 0) is 4.79 Å². The molecule has 0 N–H and O–H groups in total. The maximum Gasteiger partial charge on any atom is 0.263 e. The molecule has 2 aromatic rings. The number of likely N-dealkylation sites (tertiary alicyclic amines) is 1. The van der Waals surface area contributed by atoms with E-state index in [0.29, 0.717) is 0 Å². The van der Waals surface area contributed by atoms with E-state index in [2.05, 4.69) is 12.1 Å². The first kappa shape index (κ1) is 16.6. The Morgan fingerprint density at radius 2 is 1.46 bits per heavy atom. The lowest BCUT2D eigenvalue weighted by molar-refractivity contribution is -0.137. The Morgan fingerprint density at radius 3 is 2.08 bits per heavy atom. The monoisotopic (exact) mass is 323 g/mol. The summed E-state index contributed by atoms with van der Waals surface area (Å²) in [5.74, 6) is 0.842. The van der Waals surface area contributed by atoms with Crippen molar-refractivity contribution >= 4 is 5.91 Å². The first-order chi connectivity index (χ1) is 11.7. The summed E-state index contributed by atoms with van der Waals surface area (Å²) in [5, 5.41) is 0. The molecular weight excluding hydrogens is 298 g/mol. The SMILES string of the molecule is CC(Oc1ccc(-c2ccccc2)cc1)C(=O)N1CCCCCC1. The van der Waals surface area contributed by atoms with Crippen molar-refractivity contribution in [3.63, 3.8) is 0 Å². The van der Waals surface area contributed by atoms with Crippen LogP contribution in [0.4, 0.5) is 0 Å². The van der Waals surface area contributed by atoms with Crippen LogP contribution in [0.25, 0.3) is 11.1 Å². The van der Waals surface area contributed by atoms with Gasteiger partial charge in [0.25, 0.3) is 5.91 Å². The molecule has 0 bridgehead atoms. The normalized spacial score (nSPS) is 16.3. The van der Waals surface area contributed by atoms with Crippen LogP contribution in [-0.4, -0.2) is 30.0 Å². The summed E-state index contributed by atoms with van der Waals surface area (Å²) in [6.45, 7) is 3.57. The quantitative estimate of drug-likeness (QED) is 0.827. The zero-order chi connectivity index (χ0) is 16.8. The molecule has 0 radical (unpaired) electrons. The van der Waals surface area contributed by atoms with E-state index in [0.717, 1.165) is 37.2 Å². The molecular formula is C21H25NO2. The third-order valence-electron chi connectivity index (χ3n) is 4.54. The topological polar surface area (TPSA) is 29.5 Å². The van der Waals surface area contributed by atoms with Gasteiger partial charge in [-0.15, -0.1) is 0 Å². The Kier molecular flexibility index (Phi) is 5.52. The van der Waals surface area contributed by atoms with Crippen molar-refractivity contribution in [1.29, 1.82) is 0 Å². The Labute approximate surface area is 144 Å². The number of carbonyl (C=O) groups excluding carboxylic acids is 1. The van der Waals surface area contributed by atoms with E-state index in [9.17, 15) is 4.79 Å². The molecule has 126 valence electrons. The molecule has 2 aromatic carbocycles. The van der Waals surface area contributed by atoms with E-state index >= 15 is 0 Å². The van der Waals surface area contributed by atoms with Gasteiger partial charge in [-0.1, -0.05) is 55.3 Å². The number of carbonyl (C=O) groups is 1. The fraction of sp³-hybridized carbons (Fsp3) is 0.381. The molecule has 0 aliphatic carbocycles. The van der Waals surface area contributed by atoms with E-state index in [4.69, 9.17) is 4.74 Å². The molecule has 3 rings (SSSR count). The summed E-state index contributed by atoms with van der Waals surface area (Å²) in [6, 6.07) is 18.2. The van der Waals surface area contributed by atoms with Crippen LogP contribution in [0, 0.1) is 0 Å². The summed E-state index contributed by atoms with van der Waals surface area (Å²) in [5.41, 5.74) is 2.33. The molecule has 3 nitrogen and oxygen atoms in total. The zero-order valence-electron chi connectivity index (χ0n) is 14.3. The number of rotatable bonds is 4. The summed E-state index contributed by atoms with van der Waals surface area (Å²) in [4.78, 5) is 14.5. The third kappa shape index (κ3) is 4.16. The second kappa shape index (κ2) is 8.00. The van der Waals surface area contributed by atoms with Crippen molar-refractivity contribution in [2.24, 2.45) is 0 Å². The Balaban J connectivity index is 1.61. The van der Waals surface area contributed by atoms with Gasteiger partial charge >= 0.3 is 0 Å². The van der Waals surface area contributed by atoms with Crippen molar-refractivity contribution < 1.29 is 9.53 Å². The molecule has 1 amide bonds. The number of hydrogen-bond donors (Lipinski definition) is 0. The van der Waals surface area contributed by atoms with E-state index in [1.165, 1.54) is 18.4 Å². The van der Waals surface area contributed by atoms with Gasteiger partial charge < -0.3 is 9.64 Å². The highest BCUT2D eigenvalue weighted by atomic mass is 16.5. The number of hydrogen-bond acceptors (Lipinski definition) is 2. The minimum atomic E-state index is -0.439. The van der Waals surface area contributed by atoms with E-state index in [1.54, 1.807) is 0 Å². The summed E-state index contributed by atoms with van der Waals surface area (Å²) in [6.07, 6.45) is 4.21. The predicted octanol–water partition coefficient (Wildman–Crippen LogP) is 4.52. The van der Waals surface area contributed by atoms with Gasteiger partial charge in [0.2, 0.25) is 0 Å². The second-order valence-electron chi connectivity index (χ2n) is 6.39. The molecule has 1 unspecified atom stereocenters. The Morgan fingerprint density at radius 1 is 0.875 bits per heavy atom. The van der Waals surface area contributed by atoms with E-state index in [-0.39, 0.29) is 5.91 Å². The predicted molar refractivity (Wildman–Crippen MR) is 97.0 cm³/mol. The van der Waals surface area contributed by atoms with Crippen LogP contribution in [0.2, 0.25) is 0 Å². The first-order valence-electron chi connectivity index (χ1n) is 8.85. The molecule has 0 spiro atoms. The molecule has 0 aromatic heterocycles. The first-order valence-corrected chi connectivity index (χ1v) is 8.85. The third-order valence-corrected chi connectivity index (χ3v) is 4.54. The lowest BCUT2D eigenvalue weighted by atomic mass is 10.1. The van der Waals surface area contributed by atoms with Crippen molar-refractivity contribution in [3.8, 4) is 16.9 Å². The maximum atomic E-state index is 12.5. The van der Waals surface area contributed by atoms with Gasteiger partial charge in [-0.25, -0.2) is 0 Å². The van der Waals surface area contributed by atoms with Gasteiger partial charge in [-0.3, -0.25) is 4.79 Å². The van der Waals surface area contributed by atoms with Gasteiger partial charge in [0.1, 0.15) is 5.75 Å². The molecule has 1 heterocycles. The molecule has 24 heavy (non-hydrogen) atoms. The lowest BCUT2D eigenvalue weighted by Gasteiger charge is -2.24. The maximum absolute atomic E-state index is 12.5. The van der Waals surface area contributed by atoms with Crippen molar-refractivity contribution in [2.75, 3.05) is 13.1 Å². The van der Waals surface area contributed by atoms with Crippen LogP contribution in [0.5, 0.6) is 5.75 Å². The van der Waals surface area contributed by atoms with Gasteiger partial charge in [-0.05, 0) is 43.0 Å². The smallest absolute Gasteiger partial charge is 0.263 e. The van der Waals surface area contributed by atoms with Gasteiger partial charge in [0, 0.05) is 13.1 Å². The number of ether oxygens (including phenoxy) is 1. The van der Waals surface area contributed by atoms with Crippen LogP contribution < -0.4 is 4.74 Å². The van der Waals surface area contributed by atoms with Crippen molar-refractivity contribution in [2.45, 2.75) is 38.7 Å². The standard InChI is InChI=1S/C21H25NO2/c1-17(21(23)22-15-7-2-3-8-16-22)24-20-13-11-19(12-14-20)18-9-5-4-6-10-18/h4-6,9-14,17H,2-3,7-8,15-16H2,1H3. The Hall–Kier alpha value is -2.29. The van der Waals surface area contributed by atoms with Crippen LogP contribution in [0.1, 0.15) is 32.6 Å². The highest BCUT2D eigenvalue weighted by Gasteiger charge is 2.22. The van der Waals surface area contributed by atoms with Gasteiger partial charge in [0.15, 0.2) is 6.10 Å². The minimum Gasteiger partial charge on any atom is -0.481 e. The number of nitrogens with zero attached hydrogens (tertiary/aromatic N) is 1.